The number of furan rings is 1. The van der Waals surface area contributed by atoms with E-state index in [0.29, 0.717) is 5.69 Å². The highest BCUT2D eigenvalue weighted by Gasteiger charge is 2.23. The molecule has 6 heteroatoms. The minimum absolute atomic E-state index is 0.0598. The minimum atomic E-state index is -3.79. The molecule has 0 aliphatic carbocycles. The van der Waals surface area contributed by atoms with Crippen LogP contribution in [0, 0.1) is 13.8 Å². The highest BCUT2D eigenvalue weighted by molar-refractivity contribution is 7.91. The van der Waals surface area contributed by atoms with E-state index in [9.17, 15) is 13.2 Å². The van der Waals surface area contributed by atoms with Gasteiger partial charge in [0.05, 0.1) is 4.90 Å². The summed E-state index contributed by atoms with van der Waals surface area (Å²) in [4.78, 5) is 12.5. The van der Waals surface area contributed by atoms with Crippen molar-refractivity contribution >= 4 is 21.4 Å². The van der Waals surface area contributed by atoms with Crippen LogP contribution >= 0.6 is 0 Å². The third kappa shape index (κ3) is 3.34. The van der Waals surface area contributed by atoms with Crippen molar-refractivity contribution in [3.05, 3.63) is 77.6 Å². The Bertz CT molecular complexity index is 1020. The maximum absolute atomic E-state index is 12.5. The van der Waals surface area contributed by atoms with Gasteiger partial charge in [0.25, 0.3) is 5.91 Å². The summed E-state index contributed by atoms with van der Waals surface area (Å²) in [5.41, 5.74) is 2.65. The molecule has 1 amide bonds. The molecule has 0 fully saturated rings. The van der Waals surface area contributed by atoms with Crippen molar-refractivity contribution in [1.29, 1.82) is 0 Å². The van der Waals surface area contributed by atoms with Crippen LogP contribution in [0.25, 0.3) is 0 Å². The molecule has 1 heterocycles. The number of rotatable bonds is 4. The van der Waals surface area contributed by atoms with E-state index < -0.39 is 15.7 Å². The zero-order chi connectivity index (χ0) is 18.0. The van der Waals surface area contributed by atoms with E-state index in [2.05, 4.69) is 5.32 Å². The zero-order valence-electron chi connectivity index (χ0n) is 13.8. The Morgan fingerprint density at radius 1 is 0.920 bits per heavy atom. The standard InChI is InChI=1S/C19H17NO4S/c1-13-7-6-10-16(14(13)2)20-19(21)17-11-12-18(24-17)25(22,23)15-8-4-3-5-9-15/h3-12H,1-2H3,(H,20,21). The predicted octanol–water partition coefficient (Wildman–Crippen LogP) is 3.98. The number of nitrogens with one attached hydrogen (secondary N) is 1. The maximum atomic E-state index is 12.5. The quantitative estimate of drug-likeness (QED) is 0.768. The molecule has 2 aromatic carbocycles. The van der Waals surface area contributed by atoms with Gasteiger partial charge >= 0.3 is 0 Å². The van der Waals surface area contributed by atoms with Crippen molar-refractivity contribution in [3.63, 3.8) is 0 Å². The molecule has 128 valence electrons. The van der Waals surface area contributed by atoms with Gasteiger partial charge in [0.2, 0.25) is 14.9 Å². The van der Waals surface area contributed by atoms with Crippen molar-refractivity contribution in [2.75, 3.05) is 5.32 Å². The average Bonchev–Trinajstić information content (AvgIpc) is 3.11. The number of benzene rings is 2. The maximum Gasteiger partial charge on any atom is 0.291 e. The summed E-state index contributed by atoms with van der Waals surface area (Å²) >= 11 is 0. The van der Waals surface area contributed by atoms with E-state index in [-0.39, 0.29) is 15.7 Å². The van der Waals surface area contributed by atoms with Crippen molar-refractivity contribution in [3.8, 4) is 0 Å². The van der Waals surface area contributed by atoms with Crippen LogP contribution in [0.2, 0.25) is 0 Å². The van der Waals surface area contributed by atoms with Crippen LogP contribution in [-0.4, -0.2) is 14.3 Å². The first-order valence-corrected chi connectivity index (χ1v) is 9.15. The molecule has 0 bridgehead atoms. The normalized spacial score (nSPS) is 11.3. The molecule has 0 saturated carbocycles. The Morgan fingerprint density at radius 3 is 2.36 bits per heavy atom. The van der Waals surface area contributed by atoms with Gasteiger partial charge < -0.3 is 9.73 Å². The topological polar surface area (TPSA) is 76.4 Å². The summed E-state index contributed by atoms with van der Waals surface area (Å²) in [6, 6.07) is 16.2. The lowest BCUT2D eigenvalue weighted by Crippen LogP contribution is -2.12. The van der Waals surface area contributed by atoms with Crippen molar-refractivity contribution in [2.24, 2.45) is 0 Å². The second kappa shape index (κ2) is 6.57. The van der Waals surface area contributed by atoms with Gasteiger partial charge in [0, 0.05) is 5.69 Å². The molecule has 25 heavy (non-hydrogen) atoms. The lowest BCUT2D eigenvalue weighted by molar-refractivity contribution is 0.0991. The van der Waals surface area contributed by atoms with Gasteiger partial charge in [-0.15, -0.1) is 0 Å². The van der Waals surface area contributed by atoms with Crippen LogP contribution in [0.5, 0.6) is 0 Å². The lowest BCUT2D eigenvalue weighted by Gasteiger charge is -2.09. The number of amides is 1. The molecule has 3 rings (SSSR count). The van der Waals surface area contributed by atoms with Gasteiger partial charge in [0.1, 0.15) is 0 Å². The fourth-order valence-corrected chi connectivity index (χ4v) is 3.57. The minimum Gasteiger partial charge on any atom is -0.439 e. The second-order valence-corrected chi connectivity index (χ2v) is 7.52. The molecule has 0 saturated heterocycles. The molecular formula is C19H17NO4S. The van der Waals surface area contributed by atoms with E-state index in [0.717, 1.165) is 11.1 Å². The first-order valence-electron chi connectivity index (χ1n) is 7.67. The van der Waals surface area contributed by atoms with Crippen LogP contribution in [0.1, 0.15) is 21.7 Å². The molecule has 0 unspecified atom stereocenters. The smallest absolute Gasteiger partial charge is 0.291 e. The summed E-state index contributed by atoms with van der Waals surface area (Å²) < 4.78 is 30.3. The van der Waals surface area contributed by atoms with Crippen LogP contribution in [0.3, 0.4) is 0 Å². The Kier molecular flexibility index (Phi) is 4.46. The van der Waals surface area contributed by atoms with Gasteiger partial charge in [-0.05, 0) is 55.3 Å². The summed E-state index contributed by atoms with van der Waals surface area (Å²) in [6.45, 7) is 3.85. The molecule has 1 N–H and O–H groups in total. The zero-order valence-corrected chi connectivity index (χ0v) is 14.6. The molecule has 0 atom stereocenters. The van der Waals surface area contributed by atoms with Crippen LogP contribution < -0.4 is 5.32 Å². The second-order valence-electron chi connectivity index (χ2n) is 5.64. The molecule has 5 nitrogen and oxygen atoms in total. The van der Waals surface area contributed by atoms with E-state index in [1.54, 1.807) is 24.3 Å². The number of hydrogen-bond donors (Lipinski definition) is 1. The van der Waals surface area contributed by atoms with Crippen LogP contribution in [0.15, 0.2) is 75.1 Å². The highest BCUT2D eigenvalue weighted by atomic mass is 32.2. The summed E-state index contributed by atoms with van der Waals surface area (Å²) in [6.07, 6.45) is 0. The molecule has 3 aromatic rings. The molecule has 1 aromatic heterocycles. The van der Waals surface area contributed by atoms with E-state index in [4.69, 9.17) is 4.42 Å². The Morgan fingerprint density at radius 2 is 1.64 bits per heavy atom. The lowest BCUT2D eigenvalue weighted by atomic mass is 10.1. The van der Waals surface area contributed by atoms with Gasteiger partial charge in [-0.25, -0.2) is 8.42 Å². The van der Waals surface area contributed by atoms with Crippen LogP contribution in [0.4, 0.5) is 5.69 Å². The fraction of sp³-hybridized carbons (Fsp3) is 0.105. The monoisotopic (exact) mass is 355 g/mol. The van der Waals surface area contributed by atoms with E-state index in [1.807, 2.05) is 26.0 Å². The predicted molar refractivity (Wildman–Crippen MR) is 94.5 cm³/mol. The largest absolute Gasteiger partial charge is 0.439 e. The molecule has 0 spiro atoms. The molecule has 0 aliphatic heterocycles. The summed E-state index contributed by atoms with van der Waals surface area (Å²) in [5.74, 6) is -0.557. The summed E-state index contributed by atoms with van der Waals surface area (Å²) in [7, 11) is -3.79. The van der Waals surface area contributed by atoms with Crippen LogP contribution in [-0.2, 0) is 9.84 Å². The van der Waals surface area contributed by atoms with Crippen molar-refractivity contribution in [2.45, 2.75) is 23.8 Å². The van der Waals surface area contributed by atoms with Gasteiger partial charge in [-0.1, -0.05) is 30.3 Å². The average molecular weight is 355 g/mol. The van der Waals surface area contributed by atoms with E-state index >= 15 is 0 Å². The van der Waals surface area contributed by atoms with Gasteiger partial charge in [0.15, 0.2) is 5.76 Å². The fourth-order valence-electron chi connectivity index (χ4n) is 2.37. The Hall–Kier alpha value is -2.86. The number of anilines is 1. The number of hydrogen-bond acceptors (Lipinski definition) is 4. The first-order chi connectivity index (χ1) is 11.9. The summed E-state index contributed by atoms with van der Waals surface area (Å²) in [5, 5.41) is 2.48. The van der Waals surface area contributed by atoms with Crippen molar-refractivity contribution in [1.82, 2.24) is 0 Å². The molecular weight excluding hydrogens is 338 g/mol. The highest BCUT2D eigenvalue weighted by Crippen LogP contribution is 2.24. The molecule has 0 radical (unpaired) electrons. The SMILES string of the molecule is Cc1cccc(NC(=O)c2ccc(S(=O)(=O)c3ccccc3)o2)c1C. The first kappa shape index (κ1) is 17.0. The Balaban J connectivity index is 1.86. The Labute approximate surface area is 146 Å². The van der Waals surface area contributed by atoms with Gasteiger partial charge in [-0.3, -0.25) is 4.79 Å². The number of aryl methyl sites for hydroxylation is 1. The number of sulfone groups is 1. The van der Waals surface area contributed by atoms with Crippen molar-refractivity contribution < 1.29 is 17.6 Å². The van der Waals surface area contributed by atoms with E-state index in [1.165, 1.54) is 24.3 Å². The molecule has 0 aliphatic rings. The van der Waals surface area contributed by atoms with Gasteiger partial charge in [-0.2, -0.15) is 0 Å². The third-order valence-corrected chi connectivity index (χ3v) is 5.62. The number of carbonyl (C=O) groups excluding carboxylic acids is 1. The third-order valence-electron chi connectivity index (χ3n) is 3.98. The number of carbonyl (C=O) groups is 1.